The maximum Gasteiger partial charge on any atom is 0.236 e. The number of nitrogens with zero attached hydrogens (tertiary/aromatic N) is 3. The lowest BCUT2D eigenvalue weighted by Crippen LogP contribution is -2.46. The summed E-state index contributed by atoms with van der Waals surface area (Å²) < 4.78 is 5.61. The number of rotatable bonds is 5. The van der Waals surface area contributed by atoms with Gasteiger partial charge in [-0.3, -0.25) is 14.6 Å². The first-order valence-corrected chi connectivity index (χ1v) is 10.2. The second-order valence-electron chi connectivity index (χ2n) is 7.99. The molecule has 1 unspecified atom stereocenters. The molecule has 1 amide bonds. The van der Waals surface area contributed by atoms with Crippen molar-refractivity contribution in [2.45, 2.75) is 31.3 Å². The van der Waals surface area contributed by atoms with Gasteiger partial charge >= 0.3 is 0 Å². The summed E-state index contributed by atoms with van der Waals surface area (Å²) in [7, 11) is 0. The number of pyridine rings is 1. The number of anilines is 1. The fourth-order valence-electron chi connectivity index (χ4n) is 4.17. The molecule has 28 heavy (non-hydrogen) atoms. The van der Waals surface area contributed by atoms with Gasteiger partial charge in [0.15, 0.2) is 0 Å². The third kappa shape index (κ3) is 3.75. The molecule has 6 nitrogen and oxygen atoms in total. The standard InChI is InChI=1S/C22H26N4O2/c27-22(19-15-28-20-4-2-1-3-18(19)20)24-21-8-5-16(13-23-21)14-25-9-11-26(12-10-25)17-6-7-17/h1-5,8,13,17,19H,6-7,9-12,14-15H2,(H,23,24,27). The fourth-order valence-corrected chi connectivity index (χ4v) is 4.17. The number of nitrogens with one attached hydrogen (secondary N) is 1. The van der Waals surface area contributed by atoms with E-state index in [1.165, 1.54) is 31.5 Å². The summed E-state index contributed by atoms with van der Waals surface area (Å²) in [6.07, 6.45) is 4.65. The van der Waals surface area contributed by atoms with Crippen LogP contribution in [0.1, 0.15) is 29.9 Å². The van der Waals surface area contributed by atoms with Crippen molar-refractivity contribution in [1.82, 2.24) is 14.8 Å². The number of para-hydroxylation sites is 1. The molecule has 2 aliphatic heterocycles. The van der Waals surface area contributed by atoms with Crippen LogP contribution >= 0.6 is 0 Å². The molecule has 1 atom stereocenters. The molecular formula is C22H26N4O2. The van der Waals surface area contributed by atoms with Gasteiger partial charge in [-0.2, -0.15) is 0 Å². The van der Waals surface area contributed by atoms with E-state index in [2.05, 4.69) is 26.2 Å². The normalized spacial score (nSPS) is 22.5. The largest absolute Gasteiger partial charge is 0.492 e. The third-order valence-electron chi connectivity index (χ3n) is 5.97. The number of benzene rings is 1. The highest BCUT2D eigenvalue weighted by Crippen LogP contribution is 2.34. The summed E-state index contributed by atoms with van der Waals surface area (Å²) in [5.74, 6) is 1.05. The van der Waals surface area contributed by atoms with Gasteiger partial charge in [0.2, 0.25) is 5.91 Å². The molecule has 1 N–H and O–H groups in total. The summed E-state index contributed by atoms with van der Waals surface area (Å²) in [6, 6.07) is 12.5. The van der Waals surface area contributed by atoms with Crippen molar-refractivity contribution < 1.29 is 9.53 Å². The molecule has 1 saturated heterocycles. The first-order chi connectivity index (χ1) is 13.8. The Morgan fingerprint density at radius 2 is 1.93 bits per heavy atom. The zero-order valence-electron chi connectivity index (χ0n) is 16.0. The highest BCUT2D eigenvalue weighted by Gasteiger charge is 2.31. The summed E-state index contributed by atoms with van der Waals surface area (Å²) in [5.41, 5.74) is 2.13. The Morgan fingerprint density at radius 3 is 2.68 bits per heavy atom. The molecule has 2 aromatic rings. The van der Waals surface area contributed by atoms with E-state index in [1.54, 1.807) is 0 Å². The van der Waals surface area contributed by atoms with Crippen molar-refractivity contribution in [3.8, 4) is 5.75 Å². The van der Waals surface area contributed by atoms with Gasteiger partial charge in [-0.1, -0.05) is 24.3 Å². The minimum absolute atomic E-state index is 0.0682. The number of hydrogen-bond donors (Lipinski definition) is 1. The van der Waals surface area contributed by atoms with Gasteiger partial charge in [-0.05, 0) is 30.5 Å². The van der Waals surface area contributed by atoms with Gasteiger partial charge in [0, 0.05) is 50.5 Å². The summed E-state index contributed by atoms with van der Waals surface area (Å²) in [6.45, 7) is 5.90. The molecule has 5 rings (SSSR count). The van der Waals surface area contributed by atoms with Gasteiger partial charge in [0.1, 0.15) is 24.1 Å². The Balaban J connectivity index is 1.15. The van der Waals surface area contributed by atoms with Crippen molar-refractivity contribution in [3.05, 3.63) is 53.7 Å². The average molecular weight is 378 g/mol. The molecule has 3 aliphatic rings. The van der Waals surface area contributed by atoms with Crippen LogP contribution in [0.15, 0.2) is 42.6 Å². The first kappa shape index (κ1) is 17.6. The predicted molar refractivity (Wildman–Crippen MR) is 107 cm³/mol. The van der Waals surface area contributed by atoms with Gasteiger partial charge in [-0.15, -0.1) is 0 Å². The maximum absolute atomic E-state index is 12.6. The van der Waals surface area contributed by atoms with Crippen LogP contribution in [-0.4, -0.2) is 59.5 Å². The second-order valence-corrected chi connectivity index (χ2v) is 7.99. The van der Waals surface area contributed by atoms with Crippen LogP contribution in [0.3, 0.4) is 0 Å². The van der Waals surface area contributed by atoms with Crippen molar-refractivity contribution >= 4 is 11.7 Å². The van der Waals surface area contributed by atoms with E-state index in [4.69, 9.17) is 4.74 Å². The van der Waals surface area contributed by atoms with Gasteiger partial charge in [0.25, 0.3) is 0 Å². The van der Waals surface area contributed by atoms with Crippen LogP contribution in [0.2, 0.25) is 0 Å². The smallest absolute Gasteiger partial charge is 0.236 e. The quantitative estimate of drug-likeness (QED) is 0.866. The molecular weight excluding hydrogens is 352 g/mol. The molecule has 146 valence electrons. The van der Waals surface area contributed by atoms with E-state index >= 15 is 0 Å². The Morgan fingerprint density at radius 1 is 1.11 bits per heavy atom. The Hall–Kier alpha value is -2.44. The van der Waals surface area contributed by atoms with Crippen molar-refractivity contribution in [1.29, 1.82) is 0 Å². The minimum Gasteiger partial charge on any atom is -0.492 e. The van der Waals surface area contributed by atoms with Crippen LogP contribution in [0, 0.1) is 0 Å². The lowest BCUT2D eigenvalue weighted by atomic mass is 10.0. The average Bonchev–Trinajstić information content (AvgIpc) is 3.48. The number of ether oxygens (including phenoxy) is 1. The molecule has 0 bridgehead atoms. The van der Waals surface area contributed by atoms with E-state index in [1.807, 2.05) is 36.5 Å². The SMILES string of the molecule is O=C(Nc1ccc(CN2CCN(C3CC3)CC2)cn1)C1COc2ccccc21. The van der Waals surface area contributed by atoms with E-state index < -0.39 is 0 Å². The van der Waals surface area contributed by atoms with Gasteiger partial charge in [0.05, 0.1) is 0 Å². The Kier molecular flexibility index (Phi) is 4.74. The highest BCUT2D eigenvalue weighted by atomic mass is 16.5. The predicted octanol–water partition coefficient (Wildman–Crippen LogP) is 2.48. The molecule has 1 aliphatic carbocycles. The number of amides is 1. The van der Waals surface area contributed by atoms with E-state index in [9.17, 15) is 4.79 Å². The lowest BCUT2D eigenvalue weighted by Gasteiger charge is -2.34. The molecule has 1 aromatic heterocycles. The fraction of sp³-hybridized carbons (Fsp3) is 0.455. The monoisotopic (exact) mass is 378 g/mol. The lowest BCUT2D eigenvalue weighted by molar-refractivity contribution is -0.117. The summed E-state index contributed by atoms with van der Waals surface area (Å²) in [5, 5.41) is 2.93. The molecule has 1 saturated carbocycles. The number of fused-ring (bicyclic) bond motifs is 1. The topological polar surface area (TPSA) is 57.7 Å². The molecule has 1 aromatic carbocycles. The van der Waals surface area contributed by atoms with Gasteiger partial charge < -0.3 is 10.1 Å². The zero-order valence-corrected chi connectivity index (χ0v) is 16.0. The number of hydrogen-bond acceptors (Lipinski definition) is 5. The van der Waals surface area contributed by atoms with E-state index in [-0.39, 0.29) is 11.8 Å². The summed E-state index contributed by atoms with van der Waals surface area (Å²) >= 11 is 0. The number of aromatic nitrogens is 1. The van der Waals surface area contributed by atoms with Crippen LogP contribution in [0.25, 0.3) is 0 Å². The Labute approximate surface area is 165 Å². The molecule has 0 radical (unpaired) electrons. The van der Waals surface area contributed by atoms with Crippen molar-refractivity contribution in [2.75, 3.05) is 38.1 Å². The number of piperazine rings is 1. The molecule has 0 spiro atoms. The maximum atomic E-state index is 12.6. The molecule has 3 heterocycles. The van der Waals surface area contributed by atoms with E-state index in [0.29, 0.717) is 12.4 Å². The zero-order chi connectivity index (χ0) is 18.9. The van der Waals surface area contributed by atoms with Crippen molar-refractivity contribution in [2.24, 2.45) is 0 Å². The van der Waals surface area contributed by atoms with E-state index in [0.717, 1.165) is 37.0 Å². The van der Waals surface area contributed by atoms with Crippen molar-refractivity contribution in [3.63, 3.8) is 0 Å². The van der Waals surface area contributed by atoms with Crippen LogP contribution in [-0.2, 0) is 11.3 Å². The first-order valence-electron chi connectivity index (χ1n) is 10.2. The van der Waals surface area contributed by atoms with Crippen LogP contribution in [0.5, 0.6) is 5.75 Å². The van der Waals surface area contributed by atoms with Crippen LogP contribution < -0.4 is 10.1 Å². The number of carbonyl (C=O) groups excluding carboxylic acids is 1. The van der Waals surface area contributed by atoms with Gasteiger partial charge in [-0.25, -0.2) is 4.98 Å². The third-order valence-corrected chi connectivity index (χ3v) is 5.97. The second kappa shape index (κ2) is 7.53. The molecule has 6 heteroatoms. The van der Waals surface area contributed by atoms with Crippen LogP contribution in [0.4, 0.5) is 5.82 Å². The molecule has 2 fully saturated rings. The summed E-state index contributed by atoms with van der Waals surface area (Å²) in [4.78, 5) is 22.2. The number of carbonyl (C=O) groups is 1. The Bertz CT molecular complexity index is 842. The minimum atomic E-state index is -0.277. The highest BCUT2D eigenvalue weighted by molar-refractivity contribution is 5.96.